The number of aryl methyl sites for hydroxylation is 1. The Labute approximate surface area is 78.9 Å². The van der Waals surface area contributed by atoms with Crippen LogP contribution in [0.1, 0.15) is 49.2 Å². The number of furan rings is 1. The van der Waals surface area contributed by atoms with Crippen LogP contribution in [0.4, 0.5) is 0 Å². The Morgan fingerprint density at radius 1 is 1.46 bits per heavy atom. The molecule has 1 aromatic rings. The molecule has 0 radical (unpaired) electrons. The third-order valence-electron chi connectivity index (χ3n) is 2.12. The monoisotopic (exact) mass is 180 g/mol. The van der Waals surface area contributed by atoms with Crippen LogP contribution in [-0.2, 0) is 6.42 Å². The largest absolute Gasteiger partial charge is 0.469 e. The van der Waals surface area contributed by atoms with Gasteiger partial charge in [0.1, 0.15) is 5.76 Å². The first-order valence-electron chi connectivity index (χ1n) is 4.89. The predicted molar refractivity (Wildman–Crippen MR) is 51.9 cm³/mol. The first-order chi connectivity index (χ1) is 6.29. The van der Waals surface area contributed by atoms with Gasteiger partial charge in [0.2, 0.25) is 0 Å². The molecule has 2 nitrogen and oxygen atoms in total. The molecule has 0 amide bonds. The highest BCUT2D eigenvalue weighted by atomic mass is 16.3. The normalized spacial score (nSPS) is 10.3. The van der Waals surface area contributed by atoms with Crippen LogP contribution in [0.5, 0.6) is 0 Å². The maximum absolute atomic E-state index is 11.6. The summed E-state index contributed by atoms with van der Waals surface area (Å²) in [4.78, 5) is 11.6. The fourth-order valence-electron chi connectivity index (χ4n) is 1.33. The van der Waals surface area contributed by atoms with Crippen molar-refractivity contribution in [3.63, 3.8) is 0 Å². The minimum atomic E-state index is 0.215. The van der Waals surface area contributed by atoms with Crippen LogP contribution < -0.4 is 0 Å². The predicted octanol–water partition coefficient (Wildman–Crippen LogP) is 3.21. The fraction of sp³-hybridized carbons (Fsp3) is 0.545. The highest BCUT2D eigenvalue weighted by molar-refractivity contribution is 5.96. The van der Waals surface area contributed by atoms with Crippen molar-refractivity contribution in [1.82, 2.24) is 0 Å². The molecule has 0 aliphatic heterocycles. The fourth-order valence-corrected chi connectivity index (χ4v) is 1.33. The molecule has 0 unspecified atom stereocenters. The third-order valence-corrected chi connectivity index (χ3v) is 2.12. The smallest absolute Gasteiger partial charge is 0.166 e. The number of unbranched alkanes of at least 4 members (excludes halogenated alkanes) is 1. The summed E-state index contributed by atoms with van der Waals surface area (Å²) in [6.07, 6.45) is 5.06. The molecule has 2 heteroatoms. The zero-order valence-electron chi connectivity index (χ0n) is 8.30. The van der Waals surface area contributed by atoms with Crippen molar-refractivity contribution < 1.29 is 9.21 Å². The van der Waals surface area contributed by atoms with Gasteiger partial charge >= 0.3 is 0 Å². The summed E-state index contributed by atoms with van der Waals surface area (Å²) in [6, 6.07) is 1.77. The van der Waals surface area contributed by atoms with Crippen LogP contribution in [-0.4, -0.2) is 5.78 Å². The van der Waals surface area contributed by atoms with Crippen LogP contribution in [0, 0.1) is 0 Å². The van der Waals surface area contributed by atoms with E-state index in [2.05, 4.69) is 6.92 Å². The average Bonchev–Trinajstić information content (AvgIpc) is 2.61. The summed E-state index contributed by atoms with van der Waals surface area (Å²) < 4.78 is 5.19. The zero-order chi connectivity index (χ0) is 9.68. The van der Waals surface area contributed by atoms with Gasteiger partial charge in [0.05, 0.1) is 11.8 Å². The van der Waals surface area contributed by atoms with Gasteiger partial charge in [0.25, 0.3) is 0 Å². The van der Waals surface area contributed by atoms with Gasteiger partial charge in [-0.1, -0.05) is 20.3 Å². The van der Waals surface area contributed by atoms with E-state index in [1.165, 1.54) is 0 Å². The van der Waals surface area contributed by atoms with E-state index >= 15 is 0 Å². The molecule has 0 saturated carbocycles. The lowest BCUT2D eigenvalue weighted by molar-refractivity contribution is 0.0978. The molecule has 0 atom stereocenters. The van der Waals surface area contributed by atoms with Crippen molar-refractivity contribution in [3.05, 3.63) is 23.7 Å². The minimum Gasteiger partial charge on any atom is -0.469 e. The lowest BCUT2D eigenvalue weighted by atomic mass is 10.1. The molecule has 0 fully saturated rings. The van der Waals surface area contributed by atoms with Crippen LogP contribution in [0.3, 0.4) is 0 Å². The topological polar surface area (TPSA) is 30.2 Å². The summed E-state index contributed by atoms with van der Waals surface area (Å²) in [7, 11) is 0. The van der Waals surface area contributed by atoms with Gasteiger partial charge in [-0.15, -0.1) is 0 Å². The van der Waals surface area contributed by atoms with Crippen LogP contribution in [0.25, 0.3) is 0 Å². The molecule has 0 spiro atoms. The van der Waals surface area contributed by atoms with E-state index in [0.717, 1.165) is 30.6 Å². The quantitative estimate of drug-likeness (QED) is 0.651. The molecule has 0 N–H and O–H groups in total. The summed E-state index contributed by atoms with van der Waals surface area (Å²) >= 11 is 0. The maximum atomic E-state index is 11.6. The van der Waals surface area contributed by atoms with Crippen molar-refractivity contribution in [3.8, 4) is 0 Å². The molecular weight excluding hydrogens is 164 g/mol. The van der Waals surface area contributed by atoms with Crippen molar-refractivity contribution in [1.29, 1.82) is 0 Å². The van der Waals surface area contributed by atoms with Gasteiger partial charge in [0, 0.05) is 12.8 Å². The Bertz CT molecular complexity index is 273. The van der Waals surface area contributed by atoms with E-state index in [4.69, 9.17) is 4.42 Å². The van der Waals surface area contributed by atoms with E-state index in [1.54, 1.807) is 12.3 Å². The van der Waals surface area contributed by atoms with Crippen LogP contribution in [0.15, 0.2) is 16.7 Å². The van der Waals surface area contributed by atoms with E-state index in [-0.39, 0.29) is 5.78 Å². The van der Waals surface area contributed by atoms with Crippen molar-refractivity contribution >= 4 is 5.78 Å². The Morgan fingerprint density at radius 3 is 2.85 bits per heavy atom. The van der Waals surface area contributed by atoms with Gasteiger partial charge in [-0.2, -0.15) is 0 Å². The second-order valence-corrected chi connectivity index (χ2v) is 3.14. The average molecular weight is 180 g/mol. The van der Waals surface area contributed by atoms with Gasteiger partial charge in [0.15, 0.2) is 5.78 Å². The van der Waals surface area contributed by atoms with E-state index < -0.39 is 0 Å². The zero-order valence-corrected chi connectivity index (χ0v) is 8.30. The standard InChI is InChI=1S/C11H16O2/c1-3-5-6-10(12)9-7-8-13-11(9)4-2/h7-8H,3-6H2,1-2H3. The molecule has 72 valence electrons. The molecule has 0 saturated heterocycles. The second kappa shape index (κ2) is 4.85. The first-order valence-corrected chi connectivity index (χ1v) is 4.89. The lowest BCUT2D eigenvalue weighted by Gasteiger charge is -1.98. The molecule has 0 aliphatic carbocycles. The van der Waals surface area contributed by atoms with Gasteiger partial charge in [-0.05, 0) is 12.5 Å². The van der Waals surface area contributed by atoms with Crippen LogP contribution >= 0.6 is 0 Å². The Balaban J connectivity index is 2.65. The summed E-state index contributed by atoms with van der Waals surface area (Å²) in [5.41, 5.74) is 0.774. The Morgan fingerprint density at radius 2 is 2.23 bits per heavy atom. The van der Waals surface area contributed by atoms with Gasteiger partial charge in [-0.25, -0.2) is 0 Å². The number of hydrogen-bond donors (Lipinski definition) is 0. The molecule has 0 bridgehead atoms. The number of Topliss-reactive ketones (excluding diaryl/α,β-unsaturated/α-hetero) is 1. The Kier molecular flexibility index (Phi) is 3.74. The summed E-state index contributed by atoms with van der Waals surface area (Å²) in [5.74, 6) is 1.04. The number of carbonyl (C=O) groups is 1. The van der Waals surface area contributed by atoms with E-state index in [1.807, 2.05) is 6.92 Å². The van der Waals surface area contributed by atoms with Crippen molar-refractivity contribution in [2.24, 2.45) is 0 Å². The number of hydrogen-bond acceptors (Lipinski definition) is 2. The highest BCUT2D eigenvalue weighted by Crippen LogP contribution is 2.14. The van der Waals surface area contributed by atoms with Crippen molar-refractivity contribution in [2.75, 3.05) is 0 Å². The van der Waals surface area contributed by atoms with Gasteiger partial charge in [-0.3, -0.25) is 4.79 Å². The SMILES string of the molecule is CCCCC(=O)c1ccoc1CC. The third kappa shape index (κ3) is 2.44. The lowest BCUT2D eigenvalue weighted by Crippen LogP contribution is -1.99. The van der Waals surface area contributed by atoms with Gasteiger partial charge < -0.3 is 4.42 Å². The highest BCUT2D eigenvalue weighted by Gasteiger charge is 2.11. The molecule has 0 aromatic carbocycles. The molecular formula is C11H16O2. The molecule has 13 heavy (non-hydrogen) atoms. The Hall–Kier alpha value is -1.05. The maximum Gasteiger partial charge on any atom is 0.166 e. The molecule has 1 heterocycles. The number of ketones is 1. The molecule has 0 aliphatic rings. The van der Waals surface area contributed by atoms with E-state index in [9.17, 15) is 4.79 Å². The summed E-state index contributed by atoms with van der Waals surface area (Å²) in [5, 5.41) is 0. The molecule has 1 rings (SSSR count). The van der Waals surface area contributed by atoms with E-state index in [0.29, 0.717) is 6.42 Å². The van der Waals surface area contributed by atoms with Crippen molar-refractivity contribution in [2.45, 2.75) is 39.5 Å². The second-order valence-electron chi connectivity index (χ2n) is 3.14. The number of carbonyl (C=O) groups excluding carboxylic acids is 1. The van der Waals surface area contributed by atoms with Crippen LogP contribution in [0.2, 0.25) is 0 Å². The number of rotatable bonds is 5. The minimum absolute atomic E-state index is 0.215. The molecule has 1 aromatic heterocycles. The first kappa shape index (κ1) is 10.0. The summed E-state index contributed by atoms with van der Waals surface area (Å²) in [6.45, 7) is 4.08.